The van der Waals surface area contributed by atoms with Crippen LogP contribution in [0.25, 0.3) is 0 Å². The Hall–Kier alpha value is -1.56. The second-order valence-electron chi connectivity index (χ2n) is 1.44. The molecule has 1 N–H and O–H groups in total. The summed E-state index contributed by atoms with van der Waals surface area (Å²) >= 11 is 0. The Balaban J connectivity index is 3.28. The largest absolute Gasteiger partial charge is 0.313 e. The van der Waals surface area contributed by atoms with E-state index in [1.54, 1.807) is 0 Å². The molecule has 0 aliphatic carbocycles. The van der Waals surface area contributed by atoms with E-state index in [-0.39, 0.29) is 5.56 Å². The molecule has 0 saturated heterocycles. The number of aromatic nitrogens is 2. The van der Waals surface area contributed by atoms with Crippen molar-refractivity contribution in [2.45, 2.75) is 0 Å². The van der Waals surface area contributed by atoms with Gasteiger partial charge in [0.15, 0.2) is 0 Å². The van der Waals surface area contributed by atoms with Gasteiger partial charge in [0.05, 0.1) is 6.33 Å². The number of nitrogens with zero attached hydrogens (tertiary/aromatic N) is 1. The zero-order valence-electron chi connectivity index (χ0n) is 4.59. The Morgan fingerprint density at radius 1 is 1.78 bits per heavy atom. The number of aromatic amines is 1. The first-order chi connectivity index (χ1) is 4.33. The third-order valence-electron chi connectivity index (χ3n) is 0.826. The molecule has 3 heteroatoms. The summed E-state index contributed by atoms with van der Waals surface area (Å²) in [7, 11) is 0. The van der Waals surface area contributed by atoms with Crippen LogP contribution >= 0.6 is 0 Å². The number of hydrogen-bond acceptors (Lipinski definition) is 2. The molecule has 0 aromatic carbocycles. The normalized spacial score (nSPS) is 8.33. The zero-order valence-corrected chi connectivity index (χ0v) is 4.59. The van der Waals surface area contributed by atoms with Crippen molar-refractivity contribution >= 4 is 0 Å². The third kappa shape index (κ3) is 1.16. The van der Waals surface area contributed by atoms with Crippen LogP contribution in [0.15, 0.2) is 17.2 Å². The van der Waals surface area contributed by atoms with Crippen LogP contribution in [0.5, 0.6) is 0 Å². The number of rotatable bonds is 0. The summed E-state index contributed by atoms with van der Waals surface area (Å²) in [6.07, 6.45) is 6.23. The molecule has 0 radical (unpaired) electrons. The SMILES string of the molecule is C#Cc1cc(=O)[nH]cn1. The standard InChI is InChI=1S/C6H4N2O/c1-2-5-3-6(9)8-4-7-5/h1,3-4H,(H,7,8,9). The smallest absolute Gasteiger partial charge is 0.251 e. The summed E-state index contributed by atoms with van der Waals surface area (Å²) in [5.74, 6) is 2.24. The molecule has 0 bridgehead atoms. The van der Waals surface area contributed by atoms with Crippen molar-refractivity contribution in [2.75, 3.05) is 0 Å². The Labute approximate surface area is 51.8 Å². The van der Waals surface area contributed by atoms with E-state index >= 15 is 0 Å². The predicted molar refractivity (Wildman–Crippen MR) is 32.8 cm³/mol. The molecule has 0 unspecified atom stereocenters. The second kappa shape index (κ2) is 2.14. The lowest BCUT2D eigenvalue weighted by molar-refractivity contribution is 1.10. The van der Waals surface area contributed by atoms with Gasteiger partial charge < -0.3 is 4.98 Å². The minimum atomic E-state index is -0.224. The molecule has 9 heavy (non-hydrogen) atoms. The average Bonchev–Trinajstić information content (AvgIpc) is 1.88. The molecule has 1 aromatic rings. The molecule has 1 aromatic heterocycles. The monoisotopic (exact) mass is 120 g/mol. The lowest BCUT2D eigenvalue weighted by Gasteiger charge is -1.82. The van der Waals surface area contributed by atoms with E-state index in [0.717, 1.165) is 0 Å². The van der Waals surface area contributed by atoms with Gasteiger partial charge in [-0.1, -0.05) is 0 Å². The average molecular weight is 120 g/mol. The summed E-state index contributed by atoms with van der Waals surface area (Å²) in [5, 5.41) is 0. The highest BCUT2D eigenvalue weighted by molar-refractivity contribution is 5.20. The van der Waals surface area contributed by atoms with E-state index in [1.165, 1.54) is 12.4 Å². The van der Waals surface area contributed by atoms with E-state index in [1.807, 2.05) is 0 Å². The number of hydrogen-bond donors (Lipinski definition) is 1. The topological polar surface area (TPSA) is 45.8 Å². The van der Waals surface area contributed by atoms with E-state index in [0.29, 0.717) is 5.69 Å². The van der Waals surface area contributed by atoms with Crippen LogP contribution in [-0.2, 0) is 0 Å². The Kier molecular flexibility index (Phi) is 1.32. The molecular weight excluding hydrogens is 116 g/mol. The molecule has 3 nitrogen and oxygen atoms in total. The van der Waals surface area contributed by atoms with Crippen LogP contribution in [0.2, 0.25) is 0 Å². The van der Waals surface area contributed by atoms with Crippen LogP contribution in [0.1, 0.15) is 5.69 Å². The van der Waals surface area contributed by atoms with Gasteiger partial charge in [0.2, 0.25) is 0 Å². The number of H-pyrrole nitrogens is 1. The maximum atomic E-state index is 10.5. The van der Waals surface area contributed by atoms with Crippen molar-refractivity contribution in [3.05, 3.63) is 28.4 Å². The lowest BCUT2D eigenvalue weighted by Crippen LogP contribution is -2.04. The first-order valence-electron chi connectivity index (χ1n) is 2.34. The van der Waals surface area contributed by atoms with Crippen LogP contribution in [0, 0.1) is 12.3 Å². The highest BCUT2D eigenvalue weighted by Crippen LogP contribution is 1.78. The summed E-state index contributed by atoms with van der Waals surface area (Å²) in [5.41, 5.74) is 0.136. The summed E-state index contributed by atoms with van der Waals surface area (Å²) in [6, 6.07) is 1.26. The first kappa shape index (κ1) is 5.57. The second-order valence-corrected chi connectivity index (χ2v) is 1.44. The van der Waals surface area contributed by atoms with Crippen LogP contribution in [0.4, 0.5) is 0 Å². The molecule has 1 heterocycles. The van der Waals surface area contributed by atoms with Gasteiger partial charge in [0.25, 0.3) is 5.56 Å². The van der Waals surface area contributed by atoms with Crippen LogP contribution < -0.4 is 5.56 Å². The van der Waals surface area contributed by atoms with Gasteiger partial charge in [-0.2, -0.15) is 0 Å². The maximum absolute atomic E-state index is 10.5. The number of terminal acetylenes is 1. The van der Waals surface area contributed by atoms with Gasteiger partial charge in [0, 0.05) is 6.07 Å². The molecule has 0 aliphatic rings. The van der Waals surface area contributed by atoms with E-state index in [2.05, 4.69) is 15.9 Å². The minimum Gasteiger partial charge on any atom is -0.313 e. The molecule has 44 valence electrons. The van der Waals surface area contributed by atoms with E-state index in [9.17, 15) is 4.79 Å². The molecule has 0 spiro atoms. The summed E-state index contributed by atoms with van der Waals surface area (Å²) in [6.45, 7) is 0. The predicted octanol–water partition coefficient (Wildman–Crippen LogP) is -0.249. The Morgan fingerprint density at radius 3 is 3.00 bits per heavy atom. The van der Waals surface area contributed by atoms with Crippen molar-refractivity contribution in [3.63, 3.8) is 0 Å². The fourth-order valence-electron chi connectivity index (χ4n) is 0.447. The van der Waals surface area contributed by atoms with Crippen molar-refractivity contribution in [2.24, 2.45) is 0 Å². The molecule has 0 aliphatic heterocycles. The highest BCUT2D eigenvalue weighted by Gasteiger charge is 1.85. The molecule has 0 saturated carbocycles. The Bertz CT molecular complexity index is 294. The third-order valence-corrected chi connectivity index (χ3v) is 0.826. The van der Waals surface area contributed by atoms with Crippen molar-refractivity contribution in [1.82, 2.24) is 9.97 Å². The van der Waals surface area contributed by atoms with Gasteiger partial charge in [-0.25, -0.2) is 4.98 Å². The van der Waals surface area contributed by atoms with Gasteiger partial charge in [-0.3, -0.25) is 4.79 Å². The van der Waals surface area contributed by atoms with Crippen LogP contribution in [0.3, 0.4) is 0 Å². The number of nitrogens with one attached hydrogen (secondary N) is 1. The molecule has 0 fully saturated rings. The fourth-order valence-corrected chi connectivity index (χ4v) is 0.447. The quantitative estimate of drug-likeness (QED) is 0.480. The molecular formula is C6H4N2O. The lowest BCUT2D eigenvalue weighted by atomic mass is 10.4. The highest BCUT2D eigenvalue weighted by atomic mass is 16.1. The minimum absolute atomic E-state index is 0.224. The maximum Gasteiger partial charge on any atom is 0.251 e. The fraction of sp³-hybridized carbons (Fsp3) is 0. The zero-order chi connectivity index (χ0) is 6.69. The Morgan fingerprint density at radius 2 is 2.56 bits per heavy atom. The van der Waals surface area contributed by atoms with Gasteiger partial charge in [-0.05, 0) is 5.92 Å². The first-order valence-corrected chi connectivity index (χ1v) is 2.34. The molecule has 0 amide bonds. The van der Waals surface area contributed by atoms with E-state index < -0.39 is 0 Å². The molecule has 0 atom stereocenters. The summed E-state index contributed by atoms with van der Waals surface area (Å²) in [4.78, 5) is 16.5. The van der Waals surface area contributed by atoms with Crippen molar-refractivity contribution in [1.29, 1.82) is 0 Å². The van der Waals surface area contributed by atoms with E-state index in [4.69, 9.17) is 6.42 Å². The van der Waals surface area contributed by atoms with Crippen molar-refractivity contribution < 1.29 is 0 Å². The van der Waals surface area contributed by atoms with Gasteiger partial charge >= 0.3 is 0 Å². The van der Waals surface area contributed by atoms with Gasteiger partial charge in [-0.15, -0.1) is 6.42 Å². The van der Waals surface area contributed by atoms with Crippen molar-refractivity contribution in [3.8, 4) is 12.3 Å². The van der Waals surface area contributed by atoms with Gasteiger partial charge in [0.1, 0.15) is 5.69 Å². The molecule has 1 rings (SSSR count). The summed E-state index contributed by atoms with van der Waals surface area (Å²) < 4.78 is 0. The van der Waals surface area contributed by atoms with Crippen LogP contribution in [-0.4, -0.2) is 9.97 Å².